The molecule has 1 aliphatic rings. The van der Waals surface area contributed by atoms with Crippen molar-refractivity contribution in [3.63, 3.8) is 0 Å². The molecule has 0 aliphatic heterocycles. The predicted molar refractivity (Wildman–Crippen MR) is 144 cm³/mol. The van der Waals surface area contributed by atoms with Crippen LogP contribution in [0.4, 0.5) is 4.39 Å². The zero-order chi connectivity index (χ0) is 26.6. The summed E-state index contributed by atoms with van der Waals surface area (Å²) >= 11 is 0. The molecule has 2 unspecified atom stereocenters. The molecule has 0 amide bonds. The van der Waals surface area contributed by atoms with Crippen molar-refractivity contribution in [2.24, 2.45) is 13.0 Å². The number of carbonyl (C=O) groups is 1. The number of nitrogens with zero attached hydrogens (tertiary/aromatic N) is 3. The van der Waals surface area contributed by atoms with Gasteiger partial charge in [-0.05, 0) is 74.2 Å². The average molecular weight is 510 g/mol. The molecule has 0 spiro atoms. The lowest BCUT2D eigenvalue weighted by atomic mass is 9.65. The van der Waals surface area contributed by atoms with Crippen molar-refractivity contribution >= 4 is 17.0 Å². The quantitative estimate of drug-likeness (QED) is 0.329. The van der Waals surface area contributed by atoms with Gasteiger partial charge in [0.15, 0.2) is 0 Å². The number of imidazole rings is 1. The SMILES string of the molecule is COCC(=O)OC1(CCN(C)CCCc2nc3ccccc3n2C)CCc2cc(F)ccc2C1C(C)C. The summed E-state index contributed by atoms with van der Waals surface area (Å²) in [6.07, 6.45) is 3.96. The Morgan fingerprint density at radius 1 is 1.24 bits per heavy atom. The Kier molecular flexibility index (Phi) is 8.65. The third-order valence-electron chi connectivity index (χ3n) is 7.81. The van der Waals surface area contributed by atoms with Crippen LogP contribution in [0.3, 0.4) is 0 Å². The number of methoxy groups -OCH3 is 1. The summed E-state index contributed by atoms with van der Waals surface area (Å²) in [5.74, 6) is 0.748. The van der Waals surface area contributed by atoms with Crippen molar-refractivity contribution in [1.82, 2.24) is 14.5 Å². The van der Waals surface area contributed by atoms with E-state index in [1.54, 1.807) is 6.07 Å². The van der Waals surface area contributed by atoms with Crippen molar-refractivity contribution in [2.75, 3.05) is 33.9 Å². The van der Waals surface area contributed by atoms with E-state index in [-0.39, 0.29) is 30.2 Å². The fourth-order valence-electron chi connectivity index (χ4n) is 6.08. The van der Waals surface area contributed by atoms with Crippen LogP contribution in [0, 0.1) is 11.7 Å². The second-order valence-corrected chi connectivity index (χ2v) is 10.8. The molecule has 6 nitrogen and oxygen atoms in total. The van der Waals surface area contributed by atoms with Gasteiger partial charge in [0.25, 0.3) is 0 Å². The van der Waals surface area contributed by atoms with Crippen molar-refractivity contribution in [2.45, 2.75) is 57.5 Å². The van der Waals surface area contributed by atoms with Gasteiger partial charge in [0.1, 0.15) is 23.8 Å². The van der Waals surface area contributed by atoms with E-state index in [0.717, 1.165) is 53.9 Å². The monoisotopic (exact) mass is 509 g/mol. The molecule has 1 aliphatic carbocycles. The zero-order valence-corrected chi connectivity index (χ0v) is 22.8. The number of para-hydroxylation sites is 2. The van der Waals surface area contributed by atoms with E-state index in [0.29, 0.717) is 19.3 Å². The molecular weight excluding hydrogens is 469 g/mol. The van der Waals surface area contributed by atoms with E-state index in [2.05, 4.69) is 49.5 Å². The van der Waals surface area contributed by atoms with Gasteiger partial charge in [-0.1, -0.05) is 32.0 Å². The number of esters is 1. The van der Waals surface area contributed by atoms with Gasteiger partial charge in [0, 0.05) is 39.5 Å². The summed E-state index contributed by atoms with van der Waals surface area (Å²) in [6, 6.07) is 13.3. The lowest BCUT2D eigenvalue weighted by Gasteiger charge is -2.47. The molecule has 0 N–H and O–H groups in total. The topological polar surface area (TPSA) is 56.6 Å². The van der Waals surface area contributed by atoms with Crippen molar-refractivity contribution < 1.29 is 18.7 Å². The summed E-state index contributed by atoms with van der Waals surface area (Å²) < 4.78 is 27.5. The van der Waals surface area contributed by atoms with E-state index < -0.39 is 5.60 Å². The molecule has 7 heteroatoms. The van der Waals surface area contributed by atoms with Gasteiger partial charge in [0.2, 0.25) is 0 Å². The zero-order valence-electron chi connectivity index (χ0n) is 22.8. The molecule has 0 fully saturated rings. The fraction of sp³-hybridized carbons (Fsp3) is 0.533. The number of carbonyl (C=O) groups excluding carboxylic acids is 1. The van der Waals surface area contributed by atoms with Gasteiger partial charge >= 0.3 is 5.97 Å². The molecule has 0 bridgehead atoms. The maximum Gasteiger partial charge on any atom is 0.332 e. The molecule has 2 atom stereocenters. The Labute approximate surface area is 219 Å². The average Bonchev–Trinajstić information content (AvgIpc) is 3.18. The molecular formula is C30H40FN3O3. The van der Waals surface area contributed by atoms with Crippen LogP contribution < -0.4 is 0 Å². The molecule has 4 rings (SSSR count). The highest BCUT2D eigenvalue weighted by atomic mass is 19.1. The third kappa shape index (κ3) is 6.04. The summed E-state index contributed by atoms with van der Waals surface area (Å²) in [7, 11) is 5.70. The Balaban J connectivity index is 1.45. The van der Waals surface area contributed by atoms with E-state index in [1.807, 2.05) is 18.2 Å². The number of hydrogen-bond acceptors (Lipinski definition) is 5. The Hall–Kier alpha value is -2.77. The van der Waals surface area contributed by atoms with Crippen LogP contribution in [0.1, 0.15) is 56.0 Å². The van der Waals surface area contributed by atoms with Gasteiger partial charge in [-0.15, -0.1) is 0 Å². The number of aryl methyl sites for hydroxylation is 3. The van der Waals surface area contributed by atoms with Gasteiger partial charge < -0.3 is 18.9 Å². The summed E-state index contributed by atoms with van der Waals surface area (Å²) in [5, 5.41) is 0. The predicted octanol–water partition coefficient (Wildman–Crippen LogP) is 5.28. The van der Waals surface area contributed by atoms with Crippen LogP contribution in [-0.4, -0.2) is 59.9 Å². The highest BCUT2D eigenvalue weighted by Crippen LogP contribution is 2.48. The lowest BCUT2D eigenvalue weighted by molar-refractivity contribution is -0.172. The first-order chi connectivity index (χ1) is 17.7. The van der Waals surface area contributed by atoms with Gasteiger partial charge in [-0.3, -0.25) is 0 Å². The second kappa shape index (κ2) is 11.7. The highest BCUT2D eigenvalue weighted by molar-refractivity contribution is 5.75. The van der Waals surface area contributed by atoms with Crippen LogP contribution in [0.25, 0.3) is 11.0 Å². The standard InChI is InChI=1S/C30H40FN3O3/c1-21(2)29-24-13-12-23(31)19-22(24)14-15-30(29,37-28(35)20-36-5)16-18-33(3)17-8-11-27-32-25-9-6-7-10-26(25)34(27)4/h6-7,9-10,12-13,19,21,29H,8,11,14-18,20H2,1-5H3. The third-order valence-corrected chi connectivity index (χ3v) is 7.81. The normalized spacial score (nSPS) is 19.5. The van der Waals surface area contributed by atoms with Crippen LogP contribution in [-0.2, 0) is 34.2 Å². The maximum absolute atomic E-state index is 14.0. The van der Waals surface area contributed by atoms with Crippen molar-refractivity contribution in [3.05, 3.63) is 65.2 Å². The molecule has 1 aromatic heterocycles. The number of halogens is 1. The first kappa shape index (κ1) is 27.3. The molecule has 3 aromatic rings. The number of ether oxygens (including phenoxy) is 2. The summed E-state index contributed by atoms with van der Waals surface area (Å²) in [5.41, 5.74) is 3.65. The molecule has 200 valence electrons. The van der Waals surface area contributed by atoms with E-state index in [9.17, 15) is 9.18 Å². The smallest absolute Gasteiger partial charge is 0.332 e. The molecule has 0 saturated heterocycles. The second-order valence-electron chi connectivity index (χ2n) is 10.8. The maximum atomic E-state index is 14.0. The number of rotatable bonds is 11. The van der Waals surface area contributed by atoms with Gasteiger partial charge in [0.05, 0.1) is 11.0 Å². The van der Waals surface area contributed by atoms with Crippen LogP contribution in [0.15, 0.2) is 42.5 Å². The Morgan fingerprint density at radius 2 is 2.03 bits per heavy atom. The first-order valence-corrected chi connectivity index (χ1v) is 13.3. The largest absolute Gasteiger partial charge is 0.457 e. The van der Waals surface area contributed by atoms with E-state index in [4.69, 9.17) is 14.5 Å². The van der Waals surface area contributed by atoms with Crippen LogP contribution in [0.5, 0.6) is 0 Å². The molecule has 0 saturated carbocycles. The number of fused-ring (bicyclic) bond motifs is 2. The van der Waals surface area contributed by atoms with E-state index >= 15 is 0 Å². The number of hydrogen-bond donors (Lipinski definition) is 0. The molecule has 37 heavy (non-hydrogen) atoms. The molecule has 1 heterocycles. The Bertz CT molecular complexity index is 1220. The summed E-state index contributed by atoms with van der Waals surface area (Å²) in [4.78, 5) is 19.8. The Morgan fingerprint density at radius 3 is 2.76 bits per heavy atom. The summed E-state index contributed by atoms with van der Waals surface area (Å²) in [6.45, 7) is 5.95. The van der Waals surface area contributed by atoms with Gasteiger partial charge in [-0.2, -0.15) is 0 Å². The van der Waals surface area contributed by atoms with E-state index in [1.165, 1.54) is 13.2 Å². The first-order valence-electron chi connectivity index (χ1n) is 13.3. The fourth-order valence-corrected chi connectivity index (χ4v) is 6.08. The van der Waals surface area contributed by atoms with Crippen molar-refractivity contribution in [1.29, 1.82) is 0 Å². The number of benzene rings is 2. The van der Waals surface area contributed by atoms with Crippen molar-refractivity contribution in [3.8, 4) is 0 Å². The minimum atomic E-state index is -0.653. The van der Waals surface area contributed by atoms with Gasteiger partial charge in [-0.25, -0.2) is 14.2 Å². The number of aromatic nitrogens is 2. The minimum absolute atomic E-state index is 0.00828. The molecule has 2 aromatic carbocycles. The van der Waals surface area contributed by atoms with Crippen LogP contribution >= 0.6 is 0 Å². The highest BCUT2D eigenvalue weighted by Gasteiger charge is 2.47. The van der Waals surface area contributed by atoms with Crippen LogP contribution in [0.2, 0.25) is 0 Å². The lowest BCUT2D eigenvalue weighted by Crippen LogP contribution is -2.49. The molecule has 0 radical (unpaired) electrons. The minimum Gasteiger partial charge on any atom is -0.457 e.